The third-order valence-electron chi connectivity index (χ3n) is 5.23. The topological polar surface area (TPSA) is 91.6 Å². The zero-order chi connectivity index (χ0) is 21.1. The number of nitro groups is 1. The summed E-state index contributed by atoms with van der Waals surface area (Å²) in [4.78, 5) is 31.9. The van der Waals surface area contributed by atoms with Gasteiger partial charge in [-0.3, -0.25) is 19.8 Å². The van der Waals surface area contributed by atoms with Gasteiger partial charge in [-0.25, -0.2) is 4.98 Å². The van der Waals surface area contributed by atoms with Gasteiger partial charge in [0.15, 0.2) is 5.13 Å². The molecule has 0 bridgehead atoms. The minimum Gasteiger partial charge on any atom is -0.345 e. The number of nitrogens with one attached hydrogen (secondary N) is 1. The predicted octanol–water partition coefficient (Wildman–Crippen LogP) is 3.53. The van der Waals surface area contributed by atoms with Gasteiger partial charge >= 0.3 is 0 Å². The first-order valence-electron chi connectivity index (χ1n) is 9.93. The quantitative estimate of drug-likeness (QED) is 0.480. The van der Waals surface area contributed by atoms with Crippen LogP contribution in [0.2, 0.25) is 0 Å². The molecule has 1 aromatic heterocycles. The molecule has 2 aromatic carbocycles. The van der Waals surface area contributed by atoms with Gasteiger partial charge < -0.3 is 10.2 Å². The number of carbonyl (C=O) groups excluding carboxylic acids is 1. The number of piperazine rings is 1. The van der Waals surface area contributed by atoms with Crippen LogP contribution in [0.5, 0.6) is 0 Å². The molecule has 4 rings (SSSR count). The molecular weight excluding hydrogens is 402 g/mol. The van der Waals surface area contributed by atoms with Crippen LogP contribution in [-0.4, -0.2) is 53.4 Å². The normalized spacial score (nSPS) is 14.8. The van der Waals surface area contributed by atoms with Gasteiger partial charge in [-0.15, -0.1) is 0 Å². The zero-order valence-corrected chi connectivity index (χ0v) is 17.5. The van der Waals surface area contributed by atoms with Crippen LogP contribution in [0, 0.1) is 10.1 Å². The van der Waals surface area contributed by atoms with Crippen molar-refractivity contribution in [3.63, 3.8) is 0 Å². The van der Waals surface area contributed by atoms with Gasteiger partial charge in [0, 0.05) is 44.0 Å². The molecule has 1 aliphatic heterocycles. The molecule has 0 atom stereocenters. The fourth-order valence-corrected chi connectivity index (χ4v) is 4.52. The molecule has 30 heavy (non-hydrogen) atoms. The SMILES string of the molecule is CCc1ccc(NC(=O)CN2CCN(c3nc4ccc([N+](=O)[O-])cc4s3)CC2)cc1. The van der Waals surface area contributed by atoms with Crippen molar-refractivity contribution in [2.24, 2.45) is 0 Å². The summed E-state index contributed by atoms with van der Waals surface area (Å²) < 4.78 is 0.815. The number of non-ortho nitro benzene ring substituents is 1. The second-order valence-electron chi connectivity index (χ2n) is 7.27. The third kappa shape index (κ3) is 4.58. The standard InChI is InChI=1S/C21H23N5O3S/c1-2-15-3-5-16(6-4-15)22-20(27)14-24-9-11-25(12-10-24)21-23-18-8-7-17(26(28)29)13-19(18)30-21/h3-8,13H,2,9-12,14H2,1H3,(H,22,27). The van der Waals surface area contributed by atoms with E-state index in [1.165, 1.54) is 23.0 Å². The number of hydrogen-bond acceptors (Lipinski definition) is 7. The summed E-state index contributed by atoms with van der Waals surface area (Å²) in [6.07, 6.45) is 0.976. The smallest absolute Gasteiger partial charge is 0.270 e. The van der Waals surface area contributed by atoms with Crippen molar-refractivity contribution in [2.75, 3.05) is 42.9 Å². The van der Waals surface area contributed by atoms with Crippen LogP contribution in [0.3, 0.4) is 0 Å². The highest BCUT2D eigenvalue weighted by Crippen LogP contribution is 2.31. The number of aromatic nitrogens is 1. The Morgan fingerprint density at radius 3 is 2.57 bits per heavy atom. The molecule has 1 amide bonds. The number of carbonyl (C=O) groups is 1. The molecule has 1 N–H and O–H groups in total. The number of aryl methyl sites for hydroxylation is 1. The number of thiazole rings is 1. The molecule has 8 nitrogen and oxygen atoms in total. The Balaban J connectivity index is 1.31. The molecule has 1 fully saturated rings. The van der Waals surface area contributed by atoms with Crippen LogP contribution in [0.15, 0.2) is 42.5 Å². The molecule has 3 aromatic rings. The highest BCUT2D eigenvalue weighted by atomic mass is 32.1. The first kappa shape index (κ1) is 20.2. The third-order valence-corrected chi connectivity index (χ3v) is 6.31. The average molecular weight is 426 g/mol. The fourth-order valence-electron chi connectivity index (χ4n) is 3.47. The Morgan fingerprint density at radius 2 is 1.90 bits per heavy atom. The van der Waals surface area contributed by atoms with Crippen molar-refractivity contribution < 1.29 is 9.72 Å². The van der Waals surface area contributed by atoms with E-state index in [0.29, 0.717) is 6.54 Å². The van der Waals surface area contributed by atoms with Crippen molar-refractivity contribution in [3.8, 4) is 0 Å². The summed E-state index contributed by atoms with van der Waals surface area (Å²) in [5, 5.41) is 14.8. The van der Waals surface area contributed by atoms with Crippen molar-refractivity contribution >= 4 is 44.0 Å². The van der Waals surface area contributed by atoms with E-state index in [1.54, 1.807) is 12.1 Å². The number of rotatable bonds is 6. The van der Waals surface area contributed by atoms with Crippen LogP contribution in [-0.2, 0) is 11.2 Å². The molecular formula is C21H23N5O3S. The Kier molecular flexibility index (Phi) is 5.91. The number of amides is 1. The lowest BCUT2D eigenvalue weighted by Gasteiger charge is -2.34. The van der Waals surface area contributed by atoms with E-state index in [2.05, 4.69) is 27.0 Å². The van der Waals surface area contributed by atoms with E-state index in [4.69, 9.17) is 0 Å². The van der Waals surface area contributed by atoms with Gasteiger partial charge in [0.25, 0.3) is 5.69 Å². The number of benzene rings is 2. The maximum Gasteiger partial charge on any atom is 0.270 e. The molecule has 0 radical (unpaired) electrons. The molecule has 0 unspecified atom stereocenters. The van der Waals surface area contributed by atoms with Crippen molar-refractivity contribution in [1.82, 2.24) is 9.88 Å². The van der Waals surface area contributed by atoms with Gasteiger partial charge in [0.1, 0.15) is 0 Å². The van der Waals surface area contributed by atoms with Gasteiger partial charge in [0.2, 0.25) is 5.91 Å². The van der Waals surface area contributed by atoms with E-state index in [-0.39, 0.29) is 16.5 Å². The number of nitro benzene ring substituents is 1. The first-order chi connectivity index (χ1) is 14.5. The lowest BCUT2D eigenvalue weighted by atomic mass is 10.1. The molecule has 0 aliphatic carbocycles. The zero-order valence-electron chi connectivity index (χ0n) is 16.7. The highest BCUT2D eigenvalue weighted by molar-refractivity contribution is 7.22. The largest absolute Gasteiger partial charge is 0.345 e. The van der Waals surface area contributed by atoms with Gasteiger partial charge in [-0.1, -0.05) is 30.4 Å². The highest BCUT2D eigenvalue weighted by Gasteiger charge is 2.22. The number of hydrogen-bond donors (Lipinski definition) is 1. The molecule has 0 spiro atoms. The molecule has 1 aliphatic rings. The lowest BCUT2D eigenvalue weighted by molar-refractivity contribution is -0.384. The minimum atomic E-state index is -0.388. The van der Waals surface area contributed by atoms with E-state index >= 15 is 0 Å². The lowest BCUT2D eigenvalue weighted by Crippen LogP contribution is -2.48. The van der Waals surface area contributed by atoms with Crippen LogP contribution in [0.1, 0.15) is 12.5 Å². The van der Waals surface area contributed by atoms with Gasteiger partial charge in [0.05, 0.1) is 21.7 Å². The maximum absolute atomic E-state index is 12.4. The van der Waals surface area contributed by atoms with Crippen LogP contribution < -0.4 is 10.2 Å². The second kappa shape index (κ2) is 8.76. The summed E-state index contributed by atoms with van der Waals surface area (Å²) in [5.41, 5.74) is 2.92. The summed E-state index contributed by atoms with van der Waals surface area (Å²) in [6.45, 7) is 5.51. The summed E-state index contributed by atoms with van der Waals surface area (Å²) in [5.74, 6) is -0.0139. The number of anilines is 2. The molecule has 0 saturated carbocycles. The van der Waals surface area contributed by atoms with Crippen LogP contribution >= 0.6 is 11.3 Å². The summed E-state index contributed by atoms with van der Waals surface area (Å²) in [6, 6.07) is 12.7. The second-order valence-corrected chi connectivity index (χ2v) is 8.28. The van der Waals surface area contributed by atoms with E-state index in [1.807, 2.05) is 24.3 Å². The van der Waals surface area contributed by atoms with Crippen LogP contribution in [0.4, 0.5) is 16.5 Å². The van der Waals surface area contributed by atoms with Gasteiger partial charge in [-0.05, 0) is 30.2 Å². The minimum absolute atomic E-state index is 0.0139. The van der Waals surface area contributed by atoms with Crippen LogP contribution in [0.25, 0.3) is 10.2 Å². The van der Waals surface area contributed by atoms with Crippen molar-refractivity contribution in [3.05, 3.63) is 58.1 Å². The average Bonchev–Trinajstić information content (AvgIpc) is 3.18. The Morgan fingerprint density at radius 1 is 1.17 bits per heavy atom. The summed E-state index contributed by atoms with van der Waals surface area (Å²) >= 11 is 1.47. The van der Waals surface area contributed by atoms with E-state index in [9.17, 15) is 14.9 Å². The summed E-state index contributed by atoms with van der Waals surface area (Å²) in [7, 11) is 0. The maximum atomic E-state index is 12.4. The van der Waals surface area contributed by atoms with Gasteiger partial charge in [-0.2, -0.15) is 0 Å². The van der Waals surface area contributed by atoms with E-state index in [0.717, 1.165) is 53.6 Å². The number of nitrogens with zero attached hydrogens (tertiary/aromatic N) is 4. The Hall–Kier alpha value is -3.04. The van der Waals surface area contributed by atoms with E-state index < -0.39 is 0 Å². The van der Waals surface area contributed by atoms with Crippen molar-refractivity contribution in [1.29, 1.82) is 0 Å². The molecule has 156 valence electrons. The molecule has 9 heteroatoms. The first-order valence-corrected chi connectivity index (χ1v) is 10.7. The molecule has 1 saturated heterocycles. The fraction of sp³-hybridized carbons (Fsp3) is 0.333. The Bertz CT molecular complexity index is 1060. The predicted molar refractivity (Wildman–Crippen MR) is 119 cm³/mol. The monoisotopic (exact) mass is 425 g/mol. The Labute approximate surface area is 178 Å². The van der Waals surface area contributed by atoms with Crippen molar-refractivity contribution in [2.45, 2.75) is 13.3 Å². The number of fused-ring (bicyclic) bond motifs is 1. The molecule has 2 heterocycles.